The zero-order valence-corrected chi connectivity index (χ0v) is 12.8. The number of nitrogens with two attached hydrogens (primary N) is 1. The average molecular weight is 296 g/mol. The van der Waals surface area contributed by atoms with Crippen molar-refractivity contribution in [2.75, 3.05) is 18.8 Å². The van der Waals surface area contributed by atoms with E-state index in [0.717, 1.165) is 18.4 Å². The Morgan fingerprint density at radius 2 is 2.00 bits per heavy atom. The minimum Gasteiger partial charge on any atom is -0.329 e. The van der Waals surface area contributed by atoms with E-state index in [2.05, 4.69) is 6.92 Å². The maximum Gasteiger partial charge on any atom is 0.214 e. The average Bonchev–Trinajstić information content (AvgIpc) is 2.46. The second kappa shape index (κ2) is 6.70. The summed E-state index contributed by atoms with van der Waals surface area (Å²) in [6.07, 6.45) is 2.56. The predicted octanol–water partition coefficient (Wildman–Crippen LogP) is 1.62. The van der Waals surface area contributed by atoms with E-state index in [9.17, 15) is 8.42 Å². The van der Waals surface area contributed by atoms with E-state index in [1.54, 1.807) is 4.31 Å². The lowest BCUT2D eigenvalue weighted by molar-refractivity contribution is 0.192. The molecule has 1 aliphatic rings. The number of hydrogen-bond acceptors (Lipinski definition) is 3. The fourth-order valence-corrected chi connectivity index (χ4v) is 4.76. The highest BCUT2D eigenvalue weighted by atomic mass is 32.2. The molecule has 0 aromatic heterocycles. The third-order valence-electron chi connectivity index (χ3n) is 4.16. The first-order valence-corrected chi connectivity index (χ1v) is 8.89. The summed E-state index contributed by atoms with van der Waals surface area (Å²) in [5.41, 5.74) is 6.84. The number of sulfonamides is 1. The van der Waals surface area contributed by atoms with Crippen molar-refractivity contribution in [1.29, 1.82) is 0 Å². The molecule has 1 heterocycles. The van der Waals surface area contributed by atoms with Crippen molar-refractivity contribution in [2.24, 2.45) is 11.7 Å². The Hall–Kier alpha value is -0.910. The highest BCUT2D eigenvalue weighted by molar-refractivity contribution is 7.89. The Morgan fingerprint density at radius 1 is 1.30 bits per heavy atom. The Morgan fingerprint density at radius 3 is 2.65 bits per heavy atom. The van der Waals surface area contributed by atoms with Crippen molar-refractivity contribution in [3.63, 3.8) is 0 Å². The van der Waals surface area contributed by atoms with Crippen molar-refractivity contribution >= 4 is 10.0 Å². The lowest BCUT2D eigenvalue weighted by Crippen LogP contribution is -2.52. The Kier molecular flexibility index (Phi) is 5.18. The molecule has 20 heavy (non-hydrogen) atoms. The van der Waals surface area contributed by atoms with Crippen LogP contribution in [0.2, 0.25) is 0 Å². The summed E-state index contributed by atoms with van der Waals surface area (Å²) in [5.74, 6) is 0.514. The number of aryl methyl sites for hydroxylation is 1. The lowest BCUT2D eigenvalue weighted by atomic mass is 9.93. The molecule has 0 saturated carbocycles. The van der Waals surface area contributed by atoms with Gasteiger partial charge in [0.15, 0.2) is 0 Å². The molecule has 2 rings (SSSR count). The van der Waals surface area contributed by atoms with E-state index in [4.69, 9.17) is 5.73 Å². The normalized spacial score (nSPS) is 24.7. The minimum atomic E-state index is -3.22. The summed E-state index contributed by atoms with van der Waals surface area (Å²) >= 11 is 0. The maximum atomic E-state index is 12.5. The summed E-state index contributed by atoms with van der Waals surface area (Å²) in [6, 6.07) is 9.71. The van der Waals surface area contributed by atoms with E-state index >= 15 is 0 Å². The number of nitrogens with zero attached hydrogens (tertiary/aromatic N) is 1. The summed E-state index contributed by atoms with van der Waals surface area (Å²) < 4.78 is 26.7. The van der Waals surface area contributed by atoms with Crippen LogP contribution in [0.5, 0.6) is 0 Å². The largest absolute Gasteiger partial charge is 0.329 e. The molecule has 1 aromatic carbocycles. The highest BCUT2D eigenvalue weighted by Gasteiger charge is 2.34. The number of benzene rings is 1. The van der Waals surface area contributed by atoms with Crippen LogP contribution in [-0.2, 0) is 16.4 Å². The van der Waals surface area contributed by atoms with Gasteiger partial charge in [0, 0.05) is 19.1 Å². The second-order valence-electron chi connectivity index (χ2n) is 5.58. The standard InChI is InChI=1S/C15H24N2O2S/c1-13-6-5-10-17(15(13)12-16)20(18,19)11-9-14-7-3-2-4-8-14/h2-4,7-8,13,15H,5-6,9-12,16H2,1H3. The van der Waals surface area contributed by atoms with Crippen molar-refractivity contribution in [3.05, 3.63) is 35.9 Å². The highest BCUT2D eigenvalue weighted by Crippen LogP contribution is 2.25. The summed E-state index contributed by atoms with van der Waals surface area (Å²) in [7, 11) is -3.22. The van der Waals surface area contributed by atoms with Crippen molar-refractivity contribution in [2.45, 2.75) is 32.2 Å². The van der Waals surface area contributed by atoms with Crippen LogP contribution in [0.1, 0.15) is 25.3 Å². The number of piperidine rings is 1. The van der Waals surface area contributed by atoms with Crippen LogP contribution < -0.4 is 5.73 Å². The molecule has 1 saturated heterocycles. The SMILES string of the molecule is CC1CCCN(S(=O)(=O)CCc2ccccc2)C1CN. The van der Waals surface area contributed by atoms with Gasteiger partial charge in [0.25, 0.3) is 0 Å². The molecule has 0 spiro atoms. The number of hydrogen-bond donors (Lipinski definition) is 1. The third kappa shape index (κ3) is 3.59. The molecule has 2 N–H and O–H groups in total. The van der Waals surface area contributed by atoms with Crippen LogP contribution >= 0.6 is 0 Å². The molecule has 1 fully saturated rings. The van der Waals surface area contributed by atoms with Crippen LogP contribution in [0.4, 0.5) is 0 Å². The second-order valence-corrected chi connectivity index (χ2v) is 7.63. The summed E-state index contributed by atoms with van der Waals surface area (Å²) in [4.78, 5) is 0. The van der Waals surface area contributed by atoms with Crippen LogP contribution in [0.3, 0.4) is 0 Å². The molecule has 0 radical (unpaired) electrons. The van der Waals surface area contributed by atoms with Gasteiger partial charge in [0.2, 0.25) is 10.0 Å². The Balaban J connectivity index is 2.05. The molecule has 5 heteroatoms. The van der Waals surface area contributed by atoms with Gasteiger partial charge in [-0.15, -0.1) is 0 Å². The zero-order chi connectivity index (χ0) is 14.6. The monoisotopic (exact) mass is 296 g/mol. The first-order valence-electron chi connectivity index (χ1n) is 7.28. The number of rotatable bonds is 5. The van der Waals surface area contributed by atoms with Gasteiger partial charge in [0.1, 0.15) is 0 Å². The van der Waals surface area contributed by atoms with E-state index in [-0.39, 0.29) is 11.8 Å². The third-order valence-corrected chi connectivity index (χ3v) is 6.04. The van der Waals surface area contributed by atoms with Gasteiger partial charge in [-0.1, -0.05) is 37.3 Å². The molecule has 1 aromatic rings. The Labute approximate surface area is 122 Å². The van der Waals surface area contributed by atoms with Gasteiger partial charge in [-0.3, -0.25) is 0 Å². The topological polar surface area (TPSA) is 63.4 Å². The molecular weight excluding hydrogens is 272 g/mol. The molecule has 4 nitrogen and oxygen atoms in total. The van der Waals surface area contributed by atoms with Crippen molar-refractivity contribution in [3.8, 4) is 0 Å². The van der Waals surface area contributed by atoms with Gasteiger partial charge in [-0.25, -0.2) is 8.42 Å². The van der Waals surface area contributed by atoms with Gasteiger partial charge in [0.05, 0.1) is 5.75 Å². The van der Waals surface area contributed by atoms with E-state index in [1.165, 1.54) is 0 Å². The van der Waals surface area contributed by atoms with Crippen LogP contribution in [0, 0.1) is 5.92 Å². The first-order chi connectivity index (χ1) is 9.54. The lowest BCUT2D eigenvalue weighted by Gasteiger charge is -2.38. The first kappa shape index (κ1) is 15.5. The zero-order valence-electron chi connectivity index (χ0n) is 12.0. The molecule has 0 amide bonds. The minimum absolute atomic E-state index is 0.0375. The Bertz CT molecular complexity index is 516. The molecule has 2 atom stereocenters. The fourth-order valence-electron chi connectivity index (χ4n) is 2.92. The van der Waals surface area contributed by atoms with Crippen LogP contribution in [-0.4, -0.2) is 37.6 Å². The van der Waals surface area contributed by atoms with Gasteiger partial charge >= 0.3 is 0 Å². The summed E-state index contributed by atoms with van der Waals surface area (Å²) in [5, 5.41) is 0. The molecule has 2 unspecified atom stereocenters. The smallest absolute Gasteiger partial charge is 0.214 e. The van der Waals surface area contributed by atoms with Crippen LogP contribution in [0.25, 0.3) is 0 Å². The van der Waals surface area contributed by atoms with E-state index in [1.807, 2.05) is 30.3 Å². The van der Waals surface area contributed by atoms with Crippen molar-refractivity contribution in [1.82, 2.24) is 4.31 Å². The van der Waals surface area contributed by atoms with Crippen molar-refractivity contribution < 1.29 is 8.42 Å². The predicted molar refractivity (Wildman–Crippen MR) is 81.9 cm³/mol. The molecule has 0 bridgehead atoms. The molecule has 1 aliphatic heterocycles. The fraction of sp³-hybridized carbons (Fsp3) is 0.600. The quantitative estimate of drug-likeness (QED) is 0.898. The maximum absolute atomic E-state index is 12.5. The van der Waals surface area contributed by atoms with Gasteiger partial charge in [-0.2, -0.15) is 4.31 Å². The van der Waals surface area contributed by atoms with E-state index in [0.29, 0.717) is 25.4 Å². The summed E-state index contributed by atoms with van der Waals surface area (Å²) in [6.45, 7) is 3.12. The van der Waals surface area contributed by atoms with Gasteiger partial charge in [-0.05, 0) is 30.7 Å². The molecule has 112 valence electrons. The molecular formula is C15H24N2O2S. The van der Waals surface area contributed by atoms with Gasteiger partial charge < -0.3 is 5.73 Å². The molecule has 0 aliphatic carbocycles. The van der Waals surface area contributed by atoms with Crippen LogP contribution in [0.15, 0.2) is 30.3 Å². The van der Waals surface area contributed by atoms with E-state index < -0.39 is 10.0 Å².